The van der Waals surface area contributed by atoms with Crippen molar-refractivity contribution in [3.8, 4) is 28.3 Å². The molecule has 0 fully saturated rings. The van der Waals surface area contributed by atoms with Crippen molar-refractivity contribution in [2.45, 2.75) is 13.8 Å². The lowest BCUT2D eigenvalue weighted by Crippen LogP contribution is -2.13. The van der Waals surface area contributed by atoms with Crippen molar-refractivity contribution in [1.82, 2.24) is 24.5 Å². The van der Waals surface area contributed by atoms with Gasteiger partial charge in [0, 0.05) is 47.7 Å². The lowest BCUT2D eigenvalue weighted by molar-refractivity contribution is 1.07. The van der Waals surface area contributed by atoms with Crippen LogP contribution in [0, 0.1) is 13.8 Å². The van der Waals surface area contributed by atoms with Crippen molar-refractivity contribution in [3.05, 3.63) is 127 Å². The van der Waals surface area contributed by atoms with Crippen molar-refractivity contribution in [1.29, 1.82) is 0 Å². The van der Waals surface area contributed by atoms with E-state index >= 15 is 0 Å². The molecule has 5 heterocycles. The van der Waals surface area contributed by atoms with Crippen LogP contribution in [0.1, 0.15) is 11.1 Å². The number of hydrogen-bond acceptors (Lipinski definition) is 5. The lowest BCUT2D eigenvalue weighted by Gasteiger charge is -2.23. The molecule has 0 unspecified atom stereocenters. The molecule has 0 atom stereocenters. The molecule has 0 amide bonds. The quantitative estimate of drug-likeness (QED) is 0.224. The van der Waals surface area contributed by atoms with Crippen LogP contribution in [0.3, 0.4) is 0 Å². The van der Waals surface area contributed by atoms with E-state index in [-0.39, 0.29) is 0 Å². The number of aromatic nitrogens is 5. The number of benzene rings is 2. The summed E-state index contributed by atoms with van der Waals surface area (Å²) in [7, 11) is 2.05. The van der Waals surface area contributed by atoms with E-state index in [4.69, 9.17) is 9.97 Å². The molecule has 6 nitrogen and oxygen atoms in total. The van der Waals surface area contributed by atoms with E-state index in [0.717, 1.165) is 56.3 Å². The number of fused-ring (bicyclic) bond motifs is 3. The van der Waals surface area contributed by atoms with Gasteiger partial charge < -0.3 is 4.90 Å². The van der Waals surface area contributed by atoms with Gasteiger partial charge in [0.15, 0.2) is 0 Å². The number of nitrogens with zero attached hydrogens (tertiary/aromatic N) is 6. The first-order valence-electron chi connectivity index (χ1n) is 13.6. The number of rotatable bonds is 5. The summed E-state index contributed by atoms with van der Waals surface area (Å²) in [5.41, 5.74) is 9.50. The Morgan fingerprint density at radius 3 is 2.22 bits per heavy atom. The third-order valence-corrected chi connectivity index (χ3v) is 7.53. The highest BCUT2D eigenvalue weighted by Crippen LogP contribution is 2.35. The molecule has 0 N–H and O–H groups in total. The van der Waals surface area contributed by atoms with Crippen LogP contribution >= 0.6 is 0 Å². The second-order valence-corrected chi connectivity index (χ2v) is 10.3. The van der Waals surface area contributed by atoms with Crippen LogP contribution in [0.15, 0.2) is 116 Å². The molecule has 7 rings (SSSR count). The van der Waals surface area contributed by atoms with Gasteiger partial charge in [-0.05, 0) is 86.1 Å². The molecule has 0 aliphatic carbocycles. The zero-order valence-electron chi connectivity index (χ0n) is 23.2. The number of hydrogen-bond donors (Lipinski definition) is 0. The summed E-state index contributed by atoms with van der Waals surface area (Å²) in [6.45, 7) is 4.23. The molecule has 0 spiro atoms. The Morgan fingerprint density at radius 1 is 0.634 bits per heavy atom. The average Bonchev–Trinajstić information content (AvgIpc) is 3.35. The van der Waals surface area contributed by atoms with Gasteiger partial charge in [0.1, 0.15) is 11.6 Å². The predicted octanol–water partition coefficient (Wildman–Crippen LogP) is 8.08. The monoisotopic (exact) mass is 532 g/mol. The summed E-state index contributed by atoms with van der Waals surface area (Å²) in [4.78, 5) is 20.9. The third kappa shape index (κ3) is 4.39. The first kappa shape index (κ1) is 24.7. The summed E-state index contributed by atoms with van der Waals surface area (Å²) in [5, 5.41) is 2.36. The second-order valence-electron chi connectivity index (χ2n) is 10.3. The van der Waals surface area contributed by atoms with E-state index in [1.165, 1.54) is 16.5 Å². The van der Waals surface area contributed by atoms with Crippen LogP contribution in [0.25, 0.3) is 50.1 Å². The van der Waals surface area contributed by atoms with Gasteiger partial charge in [-0.25, -0.2) is 9.97 Å². The van der Waals surface area contributed by atoms with E-state index in [2.05, 4.69) is 82.8 Å². The summed E-state index contributed by atoms with van der Waals surface area (Å²) >= 11 is 0. The van der Waals surface area contributed by atoms with Gasteiger partial charge in [0.2, 0.25) is 0 Å². The molecular weight excluding hydrogens is 504 g/mol. The molecule has 5 aromatic heterocycles. The third-order valence-electron chi connectivity index (χ3n) is 7.53. The fraction of sp³-hybridized carbons (Fsp3) is 0.0857. The summed E-state index contributed by atoms with van der Waals surface area (Å²) < 4.78 is 2.18. The van der Waals surface area contributed by atoms with Gasteiger partial charge >= 0.3 is 0 Å². The zero-order chi connectivity index (χ0) is 27.9. The fourth-order valence-corrected chi connectivity index (χ4v) is 5.50. The van der Waals surface area contributed by atoms with Gasteiger partial charge in [0.25, 0.3) is 0 Å². The highest BCUT2D eigenvalue weighted by Gasteiger charge is 2.16. The molecule has 6 heteroatoms. The predicted molar refractivity (Wildman–Crippen MR) is 167 cm³/mol. The highest BCUT2D eigenvalue weighted by atomic mass is 15.2. The van der Waals surface area contributed by atoms with Gasteiger partial charge in [-0.15, -0.1) is 0 Å². The first-order chi connectivity index (χ1) is 20.1. The van der Waals surface area contributed by atoms with Crippen LogP contribution in [-0.4, -0.2) is 31.6 Å². The maximum absolute atomic E-state index is 5.11. The summed E-state index contributed by atoms with van der Waals surface area (Å²) in [6, 6.07) is 31.3. The van der Waals surface area contributed by atoms with E-state index in [1.54, 1.807) is 0 Å². The lowest BCUT2D eigenvalue weighted by atomic mass is 10.0. The van der Waals surface area contributed by atoms with E-state index in [1.807, 2.05) is 73.3 Å². The van der Waals surface area contributed by atoms with Crippen molar-refractivity contribution in [2.75, 3.05) is 11.9 Å². The topological polar surface area (TPSA) is 59.7 Å². The Kier molecular flexibility index (Phi) is 6.01. The minimum atomic E-state index is 0.807. The maximum Gasteiger partial charge on any atom is 0.138 e. The van der Waals surface area contributed by atoms with Crippen LogP contribution in [0.5, 0.6) is 0 Å². The highest BCUT2D eigenvalue weighted by molar-refractivity contribution is 6.09. The Labute approximate surface area is 238 Å². The Morgan fingerprint density at radius 2 is 1.37 bits per heavy atom. The van der Waals surface area contributed by atoms with E-state index in [0.29, 0.717) is 0 Å². The smallest absolute Gasteiger partial charge is 0.138 e. The SMILES string of the molecule is Cc1ccc(N(C)c2cccc(-c3cccc(-n4c5ccc(C)cc5c5ccncc54)n3)n2)c(-c2ccncc2)c1. The van der Waals surface area contributed by atoms with E-state index < -0.39 is 0 Å². The molecule has 0 radical (unpaired) electrons. The standard InChI is InChI=1S/C35H28N6/c1-23-10-12-31(27(20-23)25-14-17-36-18-15-25)40(3)34-8-4-6-29(38-34)30-7-5-9-35(39-30)41-32-13-11-24(2)21-28(32)26-16-19-37-22-33(26)41/h4-22H,1-3H3. The van der Waals surface area contributed by atoms with Gasteiger partial charge in [-0.1, -0.05) is 35.4 Å². The molecule has 198 valence electrons. The Balaban J connectivity index is 1.31. The average molecular weight is 533 g/mol. The van der Waals surface area contributed by atoms with Crippen molar-refractivity contribution in [3.63, 3.8) is 0 Å². The van der Waals surface area contributed by atoms with Gasteiger partial charge in [-0.2, -0.15) is 0 Å². The summed E-state index contributed by atoms with van der Waals surface area (Å²) in [5.74, 6) is 1.67. The maximum atomic E-state index is 5.11. The minimum Gasteiger partial charge on any atom is -0.329 e. The van der Waals surface area contributed by atoms with Crippen LogP contribution in [-0.2, 0) is 0 Å². The molecule has 0 saturated carbocycles. The second kappa shape index (κ2) is 9.99. The molecule has 7 aromatic rings. The minimum absolute atomic E-state index is 0.807. The molecule has 0 aliphatic rings. The number of aryl methyl sites for hydroxylation is 2. The normalized spacial score (nSPS) is 11.3. The Hall–Kier alpha value is -5.36. The molecule has 0 bridgehead atoms. The number of pyridine rings is 4. The van der Waals surface area contributed by atoms with Crippen molar-refractivity contribution >= 4 is 33.3 Å². The van der Waals surface area contributed by atoms with E-state index in [9.17, 15) is 0 Å². The van der Waals surface area contributed by atoms with Crippen molar-refractivity contribution < 1.29 is 0 Å². The molecule has 41 heavy (non-hydrogen) atoms. The Bertz CT molecular complexity index is 2040. The van der Waals surface area contributed by atoms with Gasteiger partial charge in [0.05, 0.1) is 28.6 Å². The van der Waals surface area contributed by atoms with Crippen LogP contribution in [0.2, 0.25) is 0 Å². The first-order valence-corrected chi connectivity index (χ1v) is 13.6. The largest absolute Gasteiger partial charge is 0.329 e. The van der Waals surface area contributed by atoms with Gasteiger partial charge in [-0.3, -0.25) is 14.5 Å². The van der Waals surface area contributed by atoms with Crippen molar-refractivity contribution in [2.24, 2.45) is 0 Å². The number of anilines is 2. The zero-order valence-corrected chi connectivity index (χ0v) is 23.2. The molecule has 2 aromatic carbocycles. The molecular formula is C35H28N6. The fourth-order valence-electron chi connectivity index (χ4n) is 5.50. The summed E-state index contributed by atoms with van der Waals surface area (Å²) in [6.07, 6.45) is 7.41. The van der Waals surface area contributed by atoms with Crippen LogP contribution < -0.4 is 4.90 Å². The molecule has 0 aliphatic heterocycles. The molecule has 0 saturated heterocycles. The van der Waals surface area contributed by atoms with Crippen LogP contribution in [0.4, 0.5) is 11.5 Å².